The highest BCUT2D eigenvalue weighted by atomic mass is 79.9. The maximum absolute atomic E-state index is 12.7. The van der Waals surface area contributed by atoms with E-state index in [0.29, 0.717) is 16.1 Å². The Morgan fingerprint density at radius 3 is 2.76 bits per heavy atom. The first-order valence-electron chi connectivity index (χ1n) is 6.67. The largest absolute Gasteiger partial charge is 0.487 e. The molecule has 108 valence electrons. The molecule has 0 fully saturated rings. The summed E-state index contributed by atoms with van der Waals surface area (Å²) in [6.07, 6.45) is 0.806. The number of hydrogen-bond donors (Lipinski definition) is 0. The molecule has 2 nitrogen and oxygen atoms in total. The maximum Gasteiger partial charge on any atom is 0.194 e. The molecular weight excluding hydrogens is 352 g/mol. The topological polar surface area (TPSA) is 26.3 Å². The number of fused-ring (bicyclic) bond motifs is 1. The van der Waals surface area contributed by atoms with Crippen LogP contribution in [0, 0.1) is 0 Å². The molecule has 4 heteroatoms. The van der Waals surface area contributed by atoms with E-state index >= 15 is 0 Å². The van der Waals surface area contributed by atoms with Crippen LogP contribution in [0.2, 0.25) is 5.02 Å². The maximum atomic E-state index is 12.7. The van der Waals surface area contributed by atoms with E-state index < -0.39 is 0 Å². The van der Waals surface area contributed by atoms with Crippen molar-refractivity contribution >= 4 is 33.3 Å². The zero-order valence-electron chi connectivity index (χ0n) is 11.7. The average Bonchev–Trinajstić information content (AvgIpc) is 2.73. The second-order valence-electron chi connectivity index (χ2n) is 5.81. The molecule has 0 saturated carbocycles. The Balaban J connectivity index is 1.99. The summed E-state index contributed by atoms with van der Waals surface area (Å²) in [4.78, 5) is 12.7. The molecule has 0 saturated heterocycles. The summed E-state index contributed by atoms with van der Waals surface area (Å²) >= 11 is 9.39. The Kier molecular flexibility index (Phi) is 3.58. The fourth-order valence-electron chi connectivity index (χ4n) is 2.58. The third-order valence-corrected chi connectivity index (χ3v) is 4.42. The smallest absolute Gasteiger partial charge is 0.194 e. The van der Waals surface area contributed by atoms with Gasteiger partial charge in [0.25, 0.3) is 0 Å². The number of ether oxygens (including phenoxy) is 1. The molecule has 0 radical (unpaired) electrons. The third-order valence-electron chi connectivity index (χ3n) is 3.50. The molecule has 0 unspecified atom stereocenters. The van der Waals surface area contributed by atoms with E-state index in [9.17, 15) is 4.79 Å². The molecule has 1 aliphatic heterocycles. The van der Waals surface area contributed by atoms with Crippen molar-refractivity contribution in [2.75, 3.05) is 0 Å². The summed E-state index contributed by atoms with van der Waals surface area (Å²) in [5.41, 5.74) is 2.09. The van der Waals surface area contributed by atoms with E-state index in [2.05, 4.69) is 15.9 Å². The van der Waals surface area contributed by atoms with E-state index in [0.717, 1.165) is 22.2 Å². The van der Waals surface area contributed by atoms with Crippen molar-refractivity contribution in [1.29, 1.82) is 0 Å². The second-order valence-corrected chi connectivity index (χ2v) is 7.11. The normalized spacial score (nSPS) is 15.4. The first-order chi connectivity index (χ1) is 9.85. The van der Waals surface area contributed by atoms with Crippen molar-refractivity contribution in [2.24, 2.45) is 0 Å². The van der Waals surface area contributed by atoms with Crippen LogP contribution < -0.4 is 4.74 Å². The van der Waals surface area contributed by atoms with Gasteiger partial charge >= 0.3 is 0 Å². The van der Waals surface area contributed by atoms with Crippen LogP contribution in [0.15, 0.2) is 40.9 Å². The molecule has 0 amide bonds. The van der Waals surface area contributed by atoms with Gasteiger partial charge in [0.2, 0.25) is 0 Å². The van der Waals surface area contributed by atoms with Crippen LogP contribution in [0.1, 0.15) is 35.3 Å². The molecule has 3 rings (SSSR count). The molecule has 0 N–H and O–H groups in total. The van der Waals surface area contributed by atoms with Crippen molar-refractivity contribution < 1.29 is 9.53 Å². The van der Waals surface area contributed by atoms with Gasteiger partial charge in [-0.15, -0.1) is 0 Å². The van der Waals surface area contributed by atoms with Gasteiger partial charge in [-0.3, -0.25) is 4.79 Å². The minimum absolute atomic E-state index is 0.0446. The minimum Gasteiger partial charge on any atom is -0.487 e. The van der Waals surface area contributed by atoms with Crippen molar-refractivity contribution in [3.63, 3.8) is 0 Å². The highest BCUT2D eigenvalue weighted by Gasteiger charge is 2.30. The Labute approximate surface area is 137 Å². The van der Waals surface area contributed by atoms with Crippen LogP contribution in [0.5, 0.6) is 5.75 Å². The summed E-state index contributed by atoms with van der Waals surface area (Å²) in [6, 6.07) is 10.8. The van der Waals surface area contributed by atoms with Gasteiger partial charge < -0.3 is 4.74 Å². The van der Waals surface area contributed by atoms with Gasteiger partial charge in [-0.1, -0.05) is 27.5 Å². The van der Waals surface area contributed by atoms with Gasteiger partial charge in [-0.05, 0) is 55.8 Å². The molecule has 1 aliphatic rings. The number of ketones is 1. The lowest BCUT2D eigenvalue weighted by atomic mass is 9.97. The standard InChI is InChI=1S/C17H14BrClO2/c1-17(2)9-11-7-10(3-6-15(11)21-17)16(20)13-8-12(19)4-5-14(13)18/h3-8H,9H2,1-2H3. The zero-order chi connectivity index (χ0) is 15.2. The predicted octanol–water partition coefficient (Wildman–Crippen LogP) is 5.05. The number of rotatable bonds is 2. The number of carbonyl (C=O) groups excluding carboxylic acids is 1. The summed E-state index contributed by atoms with van der Waals surface area (Å²) in [7, 11) is 0. The molecule has 2 aromatic rings. The molecular formula is C17H14BrClO2. The van der Waals surface area contributed by atoms with Gasteiger partial charge in [-0.25, -0.2) is 0 Å². The van der Waals surface area contributed by atoms with Gasteiger partial charge in [0.05, 0.1) is 0 Å². The number of hydrogen-bond acceptors (Lipinski definition) is 2. The van der Waals surface area contributed by atoms with E-state index in [4.69, 9.17) is 16.3 Å². The second kappa shape index (κ2) is 5.15. The Bertz CT molecular complexity index is 738. The molecule has 0 spiro atoms. The Hall–Kier alpha value is -1.32. The van der Waals surface area contributed by atoms with Gasteiger partial charge in [0.15, 0.2) is 5.78 Å². The molecule has 0 bridgehead atoms. The van der Waals surface area contributed by atoms with E-state index in [1.807, 2.05) is 26.0 Å². The lowest BCUT2D eigenvalue weighted by Gasteiger charge is -2.16. The summed E-state index contributed by atoms with van der Waals surface area (Å²) in [5.74, 6) is 0.818. The van der Waals surface area contributed by atoms with Crippen LogP contribution in [0.25, 0.3) is 0 Å². The number of carbonyl (C=O) groups is 1. The third kappa shape index (κ3) is 2.85. The van der Waals surface area contributed by atoms with Crippen molar-refractivity contribution in [1.82, 2.24) is 0 Å². The fraction of sp³-hybridized carbons (Fsp3) is 0.235. The molecule has 21 heavy (non-hydrogen) atoms. The predicted molar refractivity (Wildman–Crippen MR) is 87.4 cm³/mol. The Morgan fingerprint density at radius 2 is 2.00 bits per heavy atom. The highest BCUT2D eigenvalue weighted by Crippen LogP contribution is 2.36. The molecule has 2 aromatic carbocycles. The zero-order valence-corrected chi connectivity index (χ0v) is 14.1. The van der Waals surface area contributed by atoms with Crippen LogP contribution >= 0.6 is 27.5 Å². The average molecular weight is 366 g/mol. The van der Waals surface area contributed by atoms with E-state index in [1.165, 1.54) is 0 Å². The first-order valence-corrected chi connectivity index (χ1v) is 7.84. The fourth-order valence-corrected chi connectivity index (χ4v) is 3.18. The van der Waals surface area contributed by atoms with E-state index in [-0.39, 0.29) is 11.4 Å². The van der Waals surface area contributed by atoms with Crippen LogP contribution in [-0.2, 0) is 6.42 Å². The van der Waals surface area contributed by atoms with Crippen LogP contribution in [0.3, 0.4) is 0 Å². The lowest BCUT2D eigenvalue weighted by Crippen LogP contribution is -2.24. The SMILES string of the molecule is CC1(C)Cc2cc(C(=O)c3cc(Cl)ccc3Br)ccc2O1. The van der Waals surface area contributed by atoms with Gasteiger partial charge in [-0.2, -0.15) is 0 Å². The Morgan fingerprint density at radius 1 is 1.24 bits per heavy atom. The van der Waals surface area contributed by atoms with Crippen LogP contribution in [-0.4, -0.2) is 11.4 Å². The van der Waals surface area contributed by atoms with Crippen molar-refractivity contribution in [2.45, 2.75) is 25.9 Å². The van der Waals surface area contributed by atoms with Crippen LogP contribution in [0.4, 0.5) is 0 Å². The van der Waals surface area contributed by atoms with Crippen molar-refractivity contribution in [3.05, 3.63) is 62.6 Å². The summed E-state index contributed by atoms with van der Waals surface area (Å²) in [6.45, 7) is 4.09. The van der Waals surface area contributed by atoms with Crippen molar-refractivity contribution in [3.8, 4) is 5.75 Å². The minimum atomic E-state index is -0.208. The highest BCUT2D eigenvalue weighted by molar-refractivity contribution is 9.10. The van der Waals surface area contributed by atoms with E-state index in [1.54, 1.807) is 24.3 Å². The monoisotopic (exact) mass is 364 g/mol. The number of halogens is 2. The van der Waals surface area contributed by atoms with Gasteiger partial charge in [0, 0.05) is 27.0 Å². The summed E-state index contributed by atoms with van der Waals surface area (Å²) in [5, 5.41) is 0.548. The molecule has 1 heterocycles. The number of benzene rings is 2. The molecule has 0 aliphatic carbocycles. The molecule has 0 atom stereocenters. The lowest BCUT2D eigenvalue weighted by molar-refractivity contribution is 0.103. The first kappa shape index (κ1) is 14.6. The quantitative estimate of drug-likeness (QED) is 0.696. The van der Waals surface area contributed by atoms with Gasteiger partial charge in [0.1, 0.15) is 11.4 Å². The summed E-state index contributed by atoms with van der Waals surface area (Å²) < 4.78 is 6.58. The molecule has 0 aromatic heterocycles.